The molecule has 4 atom stereocenters. The molecule has 4 nitrogen and oxygen atoms in total. The van der Waals surface area contributed by atoms with Gasteiger partial charge in [0, 0.05) is 37.5 Å². The lowest BCUT2D eigenvalue weighted by molar-refractivity contribution is -0.140. The zero-order valence-corrected chi connectivity index (χ0v) is 11.1. The lowest BCUT2D eigenvalue weighted by Crippen LogP contribution is -2.44. The molecule has 3 heterocycles. The van der Waals surface area contributed by atoms with Crippen LogP contribution in [-0.2, 0) is 14.3 Å². The van der Waals surface area contributed by atoms with E-state index in [0.717, 1.165) is 38.8 Å². The van der Waals surface area contributed by atoms with E-state index in [1.165, 1.54) is 0 Å². The van der Waals surface area contributed by atoms with Gasteiger partial charge in [0.15, 0.2) is 0 Å². The summed E-state index contributed by atoms with van der Waals surface area (Å²) in [6.07, 6.45) is 3.72. The Bertz CT molecular complexity index is 325. The predicted octanol–water partition coefficient (Wildman–Crippen LogP) is 1.14. The van der Waals surface area contributed by atoms with Crippen molar-refractivity contribution in [2.45, 2.75) is 44.2 Å². The van der Waals surface area contributed by atoms with Crippen molar-refractivity contribution in [2.75, 3.05) is 26.4 Å². The monoisotopic (exact) mass is 253 g/mol. The summed E-state index contributed by atoms with van der Waals surface area (Å²) >= 11 is 0. The second-order valence-electron chi connectivity index (χ2n) is 6.06. The summed E-state index contributed by atoms with van der Waals surface area (Å²) in [5, 5.41) is 3.37. The molecule has 0 aromatic carbocycles. The van der Waals surface area contributed by atoms with E-state index in [2.05, 4.69) is 12.2 Å². The van der Waals surface area contributed by atoms with E-state index < -0.39 is 0 Å². The molecule has 4 unspecified atom stereocenters. The van der Waals surface area contributed by atoms with Gasteiger partial charge in [-0.05, 0) is 32.7 Å². The highest BCUT2D eigenvalue weighted by molar-refractivity contribution is 5.84. The van der Waals surface area contributed by atoms with Crippen molar-refractivity contribution < 1.29 is 14.3 Å². The first-order chi connectivity index (χ1) is 8.70. The van der Waals surface area contributed by atoms with Crippen LogP contribution >= 0.6 is 0 Å². The SMILES string of the molecule is CC1NCCC1C(=O)C1CCOC2(CCOC2)C1. The highest BCUT2D eigenvalue weighted by Gasteiger charge is 2.45. The first-order valence-corrected chi connectivity index (χ1v) is 7.19. The Morgan fingerprint density at radius 2 is 2.22 bits per heavy atom. The maximum absolute atomic E-state index is 12.6. The highest BCUT2D eigenvalue weighted by Crippen LogP contribution is 2.38. The van der Waals surface area contributed by atoms with Crippen molar-refractivity contribution in [1.29, 1.82) is 0 Å². The molecular weight excluding hydrogens is 230 g/mol. The Morgan fingerprint density at radius 3 is 2.89 bits per heavy atom. The lowest BCUT2D eigenvalue weighted by Gasteiger charge is -2.37. The maximum Gasteiger partial charge on any atom is 0.140 e. The molecule has 0 bridgehead atoms. The van der Waals surface area contributed by atoms with Gasteiger partial charge < -0.3 is 14.8 Å². The van der Waals surface area contributed by atoms with E-state index in [4.69, 9.17) is 9.47 Å². The Hall–Kier alpha value is -0.450. The number of carbonyl (C=O) groups is 1. The van der Waals surface area contributed by atoms with Gasteiger partial charge in [-0.3, -0.25) is 4.79 Å². The molecule has 0 radical (unpaired) electrons. The topological polar surface area (TPSA) is 47.6 Å². The molecule has 3 fully saturated rings. The van der Waals surface area contributed by atoms with Gasteiger partial charge in [-0.2, -0.15) is 0 Å². The second kappa shape index (κ2) is 4.91. The summed E-state index contributed by atoms with van der Waals surface area (Å²) in [6, 6.07) is 0.344. The Balaban J connectivity index is 1.66. The number of rotatable bonds is 2. The van der Waals surface area contributed by atoms with Crippen molar-refractivity contribution in [1.82, 2.24) is 5.32 Å². The van der Waals surface area contributed by atoms with Crippen LogP contribution in [0.5, 0.6) is 0 Å². The summed E-state index contributed by atoms with van der Waals surface area (Å²) in [5.41, 5.74) is -0.145. The van der Waals surface area contributed by atoms with Gasteiger partial charge in [0.05, 0.1) is 12.2 Å². The zero-order valence-electron chi connectivity index (χ0n) is 11.1. The number of carbonyl (C=O) groups excluding carboxylic acids is 1. The summed E-state index contributed by atoms with van der Waals surface area (Å²) in [6.45, 7) is 5.28. The molecule has 3 aliphatic heterocycles. The molecule has 3 rings (SSSR count). The van der Waals surface area contributed by atoms with E-state index in [-0.39, 0.29) is 17.4 Å². The average molecular weight is 253 g/mol. The largest absolute Gasteiger partial charge is 0.378 e. The molecule has 0 amide bonds. The number of ketones is 1. The van der Waals surface area contributed by atoms with Crippen molar-refractivity contribution in [3.05, 3.63) is 0 Å². The minimum absolute atomic E-state index is 0.145. The van der Waals surface area contributed by atoms with E-state index in [0.29, 0.717) is 25.0 Å². The van der Waals surface area contributed by atoms with Crippen molar-refractivity contribution in [2.24, 2.45) is 11.8 Å². The van der Waals surface area contributed by atoms with E-state index in [9.17, 15) is 4.79 Å². The van der Waals surface area contributed by atoms with Crippen LogP contribution in [-0.4, -0.2) is 43.8 Å². The number of ether oxygens (including phenoxy) is 2. The standard InChI is InChI=1S/C14H23NO3/c1-10-12(2-5-15-10)13(16)11-3-6-18-14(8-11)4-7-17-9-14/h10-12,15H,2-9H2,1H3. The van der Waals surface area contributed by atoms with Crippen LogP contribution in [0.15, 0.2) is 0 Å². The fourth-order valence-electron chi connectivity index (χ4n) is 3.68. The highest BCUT2D eigenvalue weighted by atomic mass is 16.6. The molecule has 18 heavy (non-hydrogen) atoms. The lowest BCUT2D eigenvalue weighted by atomic mass is 9.78. The fraction of sp³-hybridized carbons (Fsp3) is 0.929. The van der Waals surface area contributed by atoms with Crippen molar-refractivity contribution >= 4 is 5.78 Å². The fourth-order valence-corrected chi connectivity index (χ4v) is 3.68. The molecule has 3 aliphatic rings. The second-order valence-corrected chi connectivity index (χ2v) is 6.06. The van der Waals surface area contributed by atoms with Crippen molar-refractivity contribution in [3.8, 4) is 0 Å². The third kappa shape index (κ3) is 2.22. The molecule has 0 aromatic rings. The van der Waals surface area contributed by atoms with Crippen LogP contribution in [0.2, 0.25) is 0 Å². The summed E-state index contributed by atoms with van der Waals surface area (Å²) in [4.78, 5) is 12.6. The molecule has 0 aliphatic carbocycles. The number of Topliss-reactive ketones (excluding diaryl/α,β-unsaturated/α-hetero) is 1. The number of hydrogen-bond acceptors (Lipinski definition) is 4. The molecule has 4 heteroatoms. The van der Waals surface area contributed by atoms with Gasteiger partial charge in [0.1, 0.15) is 5.78 Å². The Kier molecular flexibility index (Phi) is 3.43. The van der Waals surface area contributed by atoms with Crippen LogP contribution in [0.1, 0.15) is 32.6 Å². The van der Waals surface area contributed by atoms with Gasteiger partial charge in [-0.15, -0.1) is 0 Å². The van der Waals surface area contributed by atoms with E-state index in [1.807, 2.05) is 0 Å². The van der Waals surface area contributed by atoms with Gasteiger partial charge >= 0.3 is 0 Å². The summed E-state index contributed by atoms with van der Waals surface area (Å²) in [7, 11) is 0. The molecule has 0 saturated carbocycles. The maximum atomic E-state index is 12.6. The van der Waals surface area contributed by atoms with Gasteiger partial charge in [-0.25, -0.2) is 0 Å². The third-order valence-corrected chi connectivity index (χ3v) is 4.85. The van der Waals surface area contributed by atoms with Crippen LogP contribution in [0.3, 0.4) is 0 Å². The minimum atomic E-state index is -0.145. The first kappa shape index (κ1) is 12.6. The normalized spacial score (nSPS) is 44.6. The Morgan fingerprint density at radius 1 is 1.33 bits per heavy atom. The quantitative estimate of drug-likeness (QED) is 0.801. The van der Waals surface area contributed by atoms with Crippen LogP contribution < -0.4 is 5.32 Å². The average Bonchev–Trinajstić information content (AvgIpc) is 2.98. The van der Waals surface area contributed by atoms with Gasteiger partial charge in [-0.1, -0.05) is 0 Å². The smallest absolute Gasteiger partial charge is 0.140 e. The molecule has 1 spiro atoms. The van der Waals surface area contributed by atoms with Crippen LogP contribution in [0.4, 0.5) is 0 Å². The summed E-state index contributed by atoms with van der Waals surface area (Å²) in [5.74, 6) is 0.863. The van der Waals surface area contributed by atoms with Gasteiger partial charge in [0.25, 0.3) is 0 Å². The number of hydrogen-bond donors (Lipinski definition) is 1. The predicted molar refractivity (Wildman–Crippen MR) is 67.4 cm³/mol. The third-order valence-electron chi connectivity index (χ3n) is 4.85. The van der Waals surface area contributed by atoms with Crippen LogP contribution in [0, 0.1) is 11.8 Å². The summed E-state index contributed by atoms with van der Waals surface area (Å²) < 4.78 is 11.4. The molecule has 102 valence electrons. The van der Waals surface area contributed by atoms with E-state index in [1.54, 1.807) is 0 Å². The van der Waals surface area contributed by atoms with Gasteiger partial charge in [0.2, 0.25) is 0 Å². The molecule has 3 saturated heterocycles. The Labute approximate surface area is 108 Å². The van der Waals surface area contributed by atoms with Crippen LogP contribution in [0.25, 0.3) is 0 Å². The minimum Gasteiger partial charge on any atom is -0.378 e. The first-order valence-electron chi connectivity index (χ1n) is 7.19. The molecule has 1 N–H and O–H groups in total. The van der Waals surface area contributed by atoms with Crippen molar-refractivity contribution in [3.63, 3.8) is 0 Å². The molecular formula is C14H23NO3. The zero-order chi connectivity index (χ0) is 12.6. The molecule has 0 aromatic heterocycles. The number of nitrogens with one attached hydrogen (secondary N) is 1. The van der Waals surface area contributed by atoms with E-state index >= 15 is 0 Å².